The quantitative estimate of drug-likeness (QED) is 0.278. The first-order chi connectivity index (χ1) is 21.9. The molecular formula is C33H40N6O7. The zero-order valence-corrected chi connectivity index (χ0v) is 26.3. The summed E-state index contributed by atoms with van der Waals surface area (Å²) in [5.74, 6) is -3.05. The van der Waals surface area contributed by atoms with Crippen LogP contribution in [0.15, 0.2) is 65.2 Å². The maximum atomic E-state index is 13.6. The van der Waals surface area contributed by atoms with Crippen LogP contribution in [-0.4, -0.2) is 82.0 Å². The number of hydrogen-bond donors (Lipinski definition) is 5. The fraction of sp³-hybridized carbons (Fsp3) is 0.394. The van der Waals surface area contributed by atoms with Crippen LogP contribution in [0.1, 0.15) is 49.5 Å². The van der Waals surface area contributed by atoms with E-state index in [0.717, 1.165) is 16.7 Å². The molecular weight excluding hydrogens is 592 g/mol. The zero-order valence-electron chi connectivity index (χ0n) is 26.3. The number of nitrogens with zero attached hydrogens (tertiary/aromatic N) is 2. The second kappa shape index (κ2) is 15.3. The van der Waals surface area contributed by atoms with Gasteiger partial charge in [0, 0.05) is 19.2 Å². The number of rotatable bonds is 5. The Balaban J connectivity index is 1.57. The molecule has 13 nitrogen and oxygen atoms in total. The van der Waals surface area contributed by atoms with Gasteiger partial charge in [-0.25, -0.2) is 0 Å². The fourth-order valence-electron chi connectivity index (χ4n) is 4.93. The Morgan fingerprint density at radius 2 is 1.59 bits per heavy atom. The Morgan fingerprint density at radius 3 is 2.24 bits per heavy atom. The Labute approximate surface area is 267 Å². The summed E-state index contributed by atoms with van der Waals surface area (Å²) in [4.78, 5) is 67.0. The molecule has 0 radical (unpaired) electrons. The number of aliphatic hydroxyl groups is 1. The lowest BCUT2D eigenvalue weighted by Gasteiger charge is -2.26. The van der Waals surface area contributed by atoms with Crippen molar-refractivity contribution >= 4 is 29.5 Å². The third kappa shape index (κ3) is 8.78. The lowest BCUT2D eigenvalue weighted by atomic mass is 10.0. The molecule has 0 aliphatic carbocycles. The van der Waals surface area contributed by atoms with Crippen LogP contribution in [0.25, 0.3) is 11.1 Å². The van der Waals surface area contributed by atoms with Crippen LogP contribution in [0.4, 0.5) is 0 Å². The van der Waals surface area contributed by atoms with Crippen molar-refractivity contribution in [2.75, 3.05) is 13.1 Å². The number of fused-ring (bicyclic) bond motifs is 2. The van der Waals surface area contributed by atoms with Gasteiger partial charge in [-0.15, -0.1) is 0 Å². The van der Waals surface area contributed by atoms with Crippen molar-refractivity contribution in [2.45, 2.75) is 64.9 Å². The van der Waals surface area contributed by atoms with E-state index in [9.17, 15) is 29.1 Å². The van der Waals surface area contributed by atoms with Crippen LogP contribution >= 0.6 is 0 Å². The van der Waals surface area contributed by atoms with Crippen LogP contribution in [0, 0.1) is 5.92 Å². The summed E-state index contributed by atoms with van der Waals surface area (Å²) in [7, 11) is 0. The molecule has 5 N–H and O–H groups in total. The number of amides is 5. The smallest absolute Gasteiger partial charge is 0.274 e. The molecule has 0 fully saturated rings. The molecule has 5 amide bonds. The predicted molar refractivity (Wildman–Crippen MR) is 168 cm³/mol. The molecule has 244 valence electrons. The van der Waals surface area contributed by atoms with Crippen molar-refractivity contribution in [2.24, 2.45) is 5.92 Å². The minimum atomic E-state index is -1.42. The maximum absolute atomic E-state index is 13.6. The minimum Gasteiger partial charge on any atom is -0.391 e. The van der Waals surface area contributed by atoms with E-state index in [0.29, 0.717) is 0 Å². The average Bonchev–Trinajstić information content (AvgIpc) is 3.50. The molecule has 3 aromatic rings. The highest BCUT2D eigenvalue weighted by atomic mass is 16.5. The molecule has 0 unspecified atom stereocenters. The highest BCUT2D eigenvalue weighted by molar-refractivity contribution is 5.98. The van der Waals surface area contributed by atoms with Gasteiger partial charge in [0.25, 0.3) is 5.91 Å². The first kappa shape index (κ1) is 33.8. The van der Waals surface area contributed by atoms with E-state index in [1.807, 2.05) is 54.6 Å². The molecule has 1 aliphatic rings. The van der Waals surface area contributed by atoms with E-state index in [4.69, 9.17) is 4.52 Å². The van der Waals surface area contributed by atoms with Gasteiger partial charge in [0.05, 0.1) is 19.1 Å². The van der Waals surface area contributed by atoms with Crippen LogP contribution in [0.2, 0.25) is 0 Å². The topological polar surface area (TPSA) is 183 Å². The Hall–Kier alpha value is -5.04. The summed E-state index contributed by atoms with van der Waals surface area (Å²) in [5, 5.41) is 24.3. The Morgan fingerprint density at radius 1 is 0.913 bits per heavy atom. The molecule has 4 rings (SSSR count). The van der Waals surface area contributed by atoms with Gasteiger partial charge in [-0.05, 0) is 36.5 Å². The highest BCUT2D eigenvalue weighted by Crippen LogP contribution is 2.20. The summed E-state index contributed by atoms with van der Waals surface area (Å²) in [6.45, 7) is 6.37. The molecule has 1 aromatic heterocycles. The summed E-state index contributed by atoms with van der Waals surface area (Å²) in [6, 6.07) is 15.4. The average molecular weight is 633 g/mol. The van der Waals surface area contributed by atoms with Crippen LogP contribution in [0.3, 0.4) is 0 Å². The van der Waals surface area contributed by atoms with Crippen LogP contribution in [-0.2, 0) is 32.1 Å². The molecule has 2 heterocycles. The molecule has 2 aromatic carbocycles. The van der Waals surface area contributed by atoms with Crippen molar-refractivity contribution < 1.29 is 33.6 Å². The first-order valence-corrected chi connectivity index (χ1v) is 15.2. The van der Waals surface area contributed by atoms with Gasteiger partial charge in [-0.2, -0.15) is 0 Å². The molecule has 13 heteroatoms. The fourth-order valence-corrected chi connectivity index (χ4v) is 4.93. The predicted octanol–water partition coefficient (Wildman–Crippen LogP) is 1.17. The van der Waals surface area contributed by atoms with Crippen molar-refractivity contribution in [3.05, 3.63) is 77.7 Å². The minimum absolute atomic E-state index is 0.0563. The van der Waals surface area contributed by atoms with Gasteiger partial charge in [0.2, 0.25) is 23.6 Å². The summed E-state index contributed by atoms with van der Waals surface area (Å²) in [5.41, 5.74) is 2.68. The number of aromatic nitrogens is 1. The van der Waals surface area contributed by atoms with Crippen LogP contribution in [0.5, 0.6) is 0 Å². The second-order valence-electron chi connectivity index (χ2n) is 11.7. The molecule has 46 heavy (non-hydrogen) atoms. The van der Waals surface area contributed by atoms with Gasteiger partial charge in [0.1, 0.15) is 18.1 Å². The van der Waals surface area contributed by atoms with Crippen LogP contribution < -0.4 is 21.3 Å². The van der Waals surface area contributed by atoms with E-state index < -0.39 is 47.9 Å². The zero-order chi connectivity index (χ0) is 33.4. The lowest BCUT2D eigenvalue weighted by molar-refractivity contribution is -0.134. The van der Waals surface area contributed by atoms with E-state index in [1.165, 1.54) is 24.8 Å². The summed E-state index contributed by atoms with van der Waals surface area (Å²) >= 11 is 0. The monoisotopic (exact) mass is 632 g/mol. The maximum Gasteiger partial charge on any atom is 0.274 e. The van der Waals surface area contributed by atoms with Crippen molar-refractivity contribution in [3.63, 3.8) is 0 Å². The van der Waals surface area contributed by atoms with E-state index in [1.54, 1.807) is 13.8 Å². The number of aliphatic hydroxyl groups excluding tert-OH is 1. The highest BCUT2D eigenvalue weighted by Gasteiger charge is 2.32. The van der Waals surface area contributed by atoms with Gasteiger partial charge in [0.15, 0.2) is 11.5 Å². The van der Waals surface area contributed by atoms with Gasteiger partial charge < -0.3 is 35.8 Å². The molecule has 4 atom stereocenters. The standard InChI is InChI=1S/C33H40N6O7/c1-19(2)28-32(44)34-14-15-39(27(41)16-22-10-12-24(13-11-22)23-8-6-5-7-9-23)18-25-17-26(38-46-25)31(43)37-29(21(4)40)33(45)35-20(3)30(42)36-28/h5-13,17,19-21,28-29,40H,14-16,18H2,1-4H3,(H,34,44)(H,35,45)(H,36,42)(H,37,43)/t20-,21+,28-,29-/m0/s1. The SMILES string of the molecule is CC(C)[C@@H]1NC(=O)[C@H](C)NC(=O)[C@H]([C@@H](C)O)NC(=O)c2cc(on2)CN(C(=O)Cc2ccc(-c3ccccc3)cc2)CCNC1=O. The first-order valence-electron chi connectivity index (χ1n) is 15.2. The number of carbonyl (C=O) groups excluding carboxylic acids is 5. The Bertz CT molecular complexity index is 1540. The summed E-state index contributed by atoms with van der Waals surface area (Å²) in [6.07, 6.45) is -1.25. The van der Waals surface area contributed by atoms with Gasteiger partial charge >= 0.3 is 0 Å². The number of carbonyl (C=O) groups is 5. The number of nitrogens with one attached hydrogen (secondary N) is 4. The molecule has 1 aliphatic heterocycles. The van der Waals surface area contributed by atoms with Gasteiger partial charge in [-0.1, -0.05) is 73.6 Å². The molecule has 0 saturated heterocycles. The summed E-state index contributed by atoms with van der Waals surface area (Å²) < 4.78 is 5.36. The molecule has 0 spiro atoms. The second-order valence-corrected chi connectivity index (χ2v) is 11.7. The molecule has 2 bridgehead atoms. The van der Waals surface area contributed by atoms with E-state index >= 15 is 0 Å². The van der Waals surface area contributed by atoms with E-state index in [-0.39, 0.29) is 49.3 Å². The third-order valence-electron chi connectivity index (χ3n) is 7.64. The normalized spacial score (nSPS) is 20.9. The van der Waals surface area contributed by atoms with Gasteiger partial charge in [-0.3, -0.25) is 24.0 Å². The Kier molecular flexibility index (Phi) is 11.3. The van der Waals surface area contributed by atoms with Crippen molar-refractivity contribution in [1.29, 1.82) is 0 Å². The third-order valence-corrected chi connectivity index (χ3v) is 7.64. The van der Waals surface area contributed by atoms with E-state index in [2.05, 4.69) is 26.4 Å². The van der Waals surface area contributed by atoms with Crippen molar-refractivity contribution in [1.82, 2.24) is 31.3 Å². The number of hydrogen-bond acceptors (Lipinski definition) is 8. The lowest BCUT2D eigenvalue weighted by Crippen LogP contribution is -2.58. The largest absolute Gasteiger partial charge is 0.391 e. The molecule has 0 saturated carbocycles. The van der Waals surface area contributed by atoms with Crippen molar-refractivity contribution in [3.8, 4) is 11.1 Å². The number of benzene rings is 2.